The van der Waals surface area contributed by atoms with Crippen LogP contribution in [0.5, 0.6) is 0 Å². The molecule has 1 aliphatic rings. The second kappa shape index (κ2) is 9.71. The molecule has 0 aliphatic heterocycles. The molecule has 0 unspecified atom stereocenters. The van der Waals surface area contributed by atoms with E-state index in [0.29, 0.717) is 0 Å². The highest BCUT2D eigenvalue weighted by atomic mass is 32.1. The van der Waals surface area contributed by atoms with Gasteiger partial charge in [0, 0.05) is 43.0 Å². The van der Waals surface area contributed by atoms with Crippen LogP contribution in [0.1, 0.15) is 25.0 Å². The fraction of sp³-hybridized carbons (Fsp3) is 0.0698. The second-order valence-electron chi connectivity index (χ2n) is 13.0. The van der Waals surface area contributed by atoms with E-state index >= 15 is 0 Å². The first-order valence-corrected chi connectivity index (χ1v) is 16.9. The number of para-hydroxylation sites is 2. The molecule has 4 heteroatoms. The number of hydrogen-bond acceptors (Lipinski definition) is 3. The van der Waals surface area contributed by atoms with E-state index in [1.807, 2.05) is 0 Å². The van der Waals surface area contributed by atoms with E-state index in [9.17, 15) is 0 Å². The number of rotatable bonds is 3. The molecule has 10 rings (SSSR count). The van der Waals surface area contributed by atoms with E-state index in [1.165, 1.54) is 54.1 Å². The highest BCUT2D eigenvalue weighted by Gasteiger charge is 2.37. The first-order chi connectivity index (χ1) is 23.1. The molecule has 0 bridgehead atoms. The molecule has 0 spiro atoms. The van der Waals surface area contributed by atoms with E-state index in [-0.39, 0.29) is 5.41 Å². The molecule has 0 N–H and O–H groups in total. The number of thiophene rings is 1. The highest BCUT2D eigenvalue weighted by molar-refractivity contribution is 7.26. The van der Waals surface area contributed by atoms with E-state index in [4.69, 9.17) is 9.97 Å². The average Bonchev–Trinajstić information content (AvgIpc) is 3.74. The normalized spacial score (nSPS) is 13.5. The molecular formula is C43H29N3S. The van der Waals surface area contributed by atoms with Crippen molar-refractivity contribution in [3.63, 3.8) is 0 Å². The Kier molecular flexibility index (Phi) is 5.50. The van der Waals surface area contributed by atoms with Crippen molar-refractivity contribution in [2.75, 3.05) is 0 Å². The van der Waals surface area contributed by atoms with Crippen LogP contribution >= 0.6 is 11.3 Å². The number of benzene rings is 6. The fourth-order valence-electron chi connectivity index (χ4n) is 7.85. The molecule has 0 fully saturated rings. The predicted molar refractivity (Wildman–Crippen MR) is 198 cm³/mol. The molecule has 0 radical (unpaired) electrons. The van der Waals surface area contributed by atoms with E-state index in [2.05, 4.69) is 158 Å². The molecule has 3 heterocycles. The van der Waals surface area contributed by atoms with Crippen LogP contribution in [0, 0.1) is 0 Å². The molecule has 1 aliphatic carbocycles. The summed E-state index contributed by atoms with van der Waals surface area (Å²) in [5, 5.41) is 3.67. The molecule has 47 heavy (non-hydrogen) atoms. The van der Waals surface area contributed by atoms with Crippen molar-refractivity contribution in [3.05, 3.63) is 151 Å². The Morgan fingerprint density at radius 3 is 2.15 bits per heavy atom. The van der Waals surface area contributed by atoms with E-state index < -0.39 is 0 Å². The van der Waals surface area contributed by atoms with Gasteiger partial charge in [-0.25, -0.2) is 9.97 Å². The van der Waals surface area contributed by atoms with Crippen LogP contribution in [0.4, 0.5) is 0 Å². The zero-order valence-corrected chi connectivity index (χ0v) is 26.8. The first kappa shape index (κ1) is 26.6. The number of hydrogen-bond donors (Lipinski definition) is 0. The lowest BCUT2D eigenvalue weighted by Gasteiger charge is -2.21. The second-order valence-corrected chi connectivity index (χ2v) is 14.0. The van der Waals surface area contributed by atoms with Gasteiger partial charge in [0.2, 0.25) is 0 Å². The van der Waals surface area contributed by atoms with Gasteiger partial charge in [0.1, 0.15) is 0 Å². The van der Waals surface area contributed by atoms with Crippen LogP contribution in [0.15, 0.2) is 140 Å². The molecule has 0 saturated heterocycles. The lowest BCUT2D eigenvalue weighted by Crippen LogP contribution is -2.14. The van der Waals surface area contributed by atoms with Crippen molar-refractivity contribution in [2.24, 2.45) is 0 Å². The third-order valence-corrected chi connectivity index (χ3v) is 11.2. The Bertz CT molecular complexity index is 2710. The largest absolute Gasteiger partial charge is 0.308 e. The van der Waals surface area contributed by atoms with Gasteiger partial charge in [0.15, 0.2) is 5.82 Å². The van der Waals surface area contributed by atoms with Crippen molar-refractivity contribution in [1.82, 2.24) is 14.5 Å². The quantitative estimate of drug-likeness (QED) is 0.197. The summed E-state index contributed by atoms with van der Waals surface area (Å²) in [7, 11) is 0. The third kappa shape index (κ3) is 3.67. The first-order valence-electron chi connectivity index (χ1n) is 16.1. The maximum atomic E-state index is 5.38. The molecule has 3 aromatic heterocycles. The van der Waals surface area contributed by atoms with Gasteiger partial charge in [-0.15, -0.1) is 11.3 Å². The summed E-state index contributed by atoms with van der Waals surface area (Å²) < 4.78 is 4.81. The lowest BCUT2D eigenvalue weighted by molar-refractivity contribution is 0.661. The van der Waals surface area contributed by atoms with Gasteiger partial charge >= 0.3 is 0 Å². The third-order valence-electron chi connectivity index (χ3n) is 10.0. The summed E-state index contributed by atoms with van der Waals surface area (Å²) in [5.41, 5.74) is 12.8. The SMILES string of the molecule is CC1(C)c2ccccc2-c2c1ccc1c3ccccc3n(-c3ccccc3-c3nc(-c4ccccc4)c4sc5ccccc5c4n3)c21. The molecule has 3 nitrogen and oxygen atoms in total. The summed E-state index contributed by atoms with van der Waals surface area (Å²) in [6, 6.07) is 50.1. The minimum Gasteiger partial charge on any atom is -0.308 e. The predicted octanol–water partition coefficient (Wildman–Crippen LogP) is 11.6. The van der Waals surface area contributed by atoms with E-state index in [0.717, 1.165) is 38.5 Å². The van der Waals surface area contributed by atoms with Crippen LogP contribution < -0.4 is 0 Å². The lowest BCUT2D eigenvalue weighted by atomic mass is 9.82. The zero-order chi connectivity index (χ0) is 31.3. The van der Waals surface area contributed by atoms with Gasteiger partial charge < -0.3 is 4.57 Å². The topological polar surface area (TPSA) is 30.7 Å². The number of nitrogens with zero attached hydrogens (tertiary/aromatic N) is 3. The van der Waals surface area contributed by atoms with Gasteiger partial charge in [-0.2, -0.15) is 0 Å². The van der Waals surface area contributed by atoms with Crippen molar-refractivity contribution >= 4 is 53.4 Å². The molecular weight excluding hydrogens is 591 g/mol. The molecule has 222 valence electrons. The highest BCUT2D eigenvalue weighted by Crippen LogP contribution is 2.53. The van der Waals surface area contributed by atoms with Gasteiger partial charge in [-0.05, 0) is 41.0 Å². The Labute approximate surface area is 276 Å². The molecule has 9 aromatic rings. The van der Waals surface area contributed by atoms with E-state index in [1.54, 1.807) is 11.3 Å². The monoisotopic (exact) mass is 619 g/mol. The fourth-order valence-corrected chi connectivity index (χ4v) is 9.01. The molecule has 0 amide bonds. The minimum atomic E-state index is -0.0976. The smallest absolute Gasteiger partial charge is 0.162 e. The summed E-state index contributed by atoms with van der Waals surface area (Å²) in [4.78, 5) is 10.8. The summed E-state index contributed by atoms with van der Waals surface area (Å²) in [6.45, 7) is 4.70. The molecule has 6 aromatic carbocycles. The van der Waals surface area contributed by atoms with Crippen LogP contribution in [0.3, 0.4) is 0 Å². The average molecular weight is 620 g/mol. The zero-order valence-electron chi connectivity index (χ0n) is 26.0. The summed E-state index contributed by atoms with van der Waals surface area (Å²) >= 11 is 1.77. The van der Waals surface area contributed by atoms with Crippen LogP contribution in [-0.4, -0.2) is 14.5 Å². The van der Waals surface area contributed by atoms with Crippen molar-refractivity contribution in [2.45, 2.75) is 19.3 Å². The Hall–Kier alpha value is -5.58. The Balaban J connectivity index is 1.33. The van der Waals surface area contributed by atoms with Crippen molar-refractivity contribution in [1.29, 1.82) is 0 Å². The van der Waals surface area contributed by atoms with Crippen molar-refractivity contribution < 1.29 is 0 Å². The van der Waals surface area contributed by atoms with Gasteiger partial charge in [-0.3, -0.25) is 0 Å². The molecule has 0 saturated carbocycles. The number of aromatic nitrogens is 3. The Morgan fingerprint density at radius 2 is 1.28 bits per heavy atom. The van der Waals surface area contributed by atoms with Gasteiger partial charge in [-0.1, -0.05) is 129 Å². The number of fused-ring (bicyclic) bond motifs is 10. The van der Waals surface area contributed by atoms with Crippen LogP contribution in [-0.2, 0) is 5.41 Å². The molecule has 0 atom stereocenters. The van der Waals surface area contributed by atoms with Gasteiger partial charge in [0.05, 0.1) is 32.6 Å². The summed E-state index contributed by atoms with van der Waals surface area (Å²) in [6.07, 6.45) is 0. The maximum absolute atomic E-state index is 5.38. The standard InChI is InChI=1S/C43H29N3S/c1-43(2)32-20-10-6-17-29(32)37-33(43)25-24-28-27-16-7-11-21-34(27)46(40(28)37)35-22-12-8-18-30(35)42-44-38(26-14-4-3-5-15-26)41-39(45-42)31-19-9-13-23-36(31)47-41/h3-25H,1-2H3. The van der Waals surface area contributed by atoms with Crippen LogP contribution in [0.2, 0.25) is 0 Å². The minimum absolute atomic E-state index is 0.0976. The summed E-state index contributed by atoms with van der Waals surface area (Å²) in [5.74, 6) is 0.731. The Morgan fingerprint density at radius 1 is 0.574 bits per heavy atom. The van der Waals surface area contributed by atoms with Gasteiger partial charge in [0.25, 0.3) is 0 Å². The van der Waals surface area contributed by atoms with Crippen LogP contribution in [0.25, 0.3) is 81.6 Å². The van der Waals surface area contributed by atoms with Crippen molar-refractivity contribution in [3.8, 4) is 39.5 Å². The maximum Gasteiger partial charge on any atom is 0.162 e.